The predicted octanol–water partition coefficient (Wildman–Crippen LogP) is 3.49. The highest BCUT2D eigenvalue weighted by Crippen LogP contribution is 2.27. The van der Waals surface area contributed by atoms with Crippen LogP contribution in [0.4, 0.5) is 8.78 Å². The van der Waals surface area contributed by atoms with E-state index in [-0.39, 0.29) is 18.5 Å². The van der Waals surface area contributed by atoms with Gasteiger partial charge in [-0.25, -0.2) is 18.3 Å². The summed E-state index contributed by atoms with van der Waals surface area (Å²) >= 11 is 1.60. The first-order chi connectivity index (χ1) is 15.0. The van der Waals surface area contributed by atoms with E-state index < -0.39 is 13.0 Å². The molecule has 0 spiro atoms. The number of fused-ring (bicyclic) bond motifs is 1. The van der Waals surface area contributed by atoms with Gasteiger partial charge in [-0.3, -0.25) is 9.78 Å². The number of nitrogens with zero attached hydrogens (tertiary/aromatic N) is 4. The second-order valence-electron chi connectivity index (χ2n) is 6.96. The fourth-order valence-corrected chi connectivity index (χ4v) is 3.74. The van der Waals surface area contributed by atoms with E-state index in [9.17, 15) is 13.6 Å². The Morgan fingerprint density at radius 1 is 1.23 bits per heavy atom. The van der Waals surface area contributed by atoms with Crippen molar-refractivity contribution < 1.29 is 13.6 Å². The van der Waals surface area contributed by atoms with Crippen molar-refractivity contribution in [3.05, 3.63) is 59.9 Å². The highest BCUT2D eigenvalue weighted by atomic mass is 32.1. The molecule has 0 bridgehead atoms. The minimum absolute atomic E-state index is 0.228. The van der Waals surface area contributed by atoms with Gasteiger partial charge in [-0.1, -0.05) is 6.07 Å². The van der Waals surface area contributed by atoms with Gasteiger partial charge in [0.05, 0.1) is 34.6 Å². The molecule has 1 amide bonds. The van der Waals surface area contributed by atoms with Gasteiger partial charge in [-0.2, -0.15) is 5.10 Å². The van der Waals surface area contributed by atoms with Crippen molar-refractivity contribution in [3.63, 3.8) is 0 Å². The number of carbonyl (C=O) groups is 1. The maximum absolute atomic E-state index is 12.5. The zero-order valence-electron chi connectivity index (χ0n) is 16.6. The van der Waals surface area contributed by atoms with Crippen LogP contribution in [-0.2, 0) is 0 Å². The second-order valence-corrected chi connectivity index (χ2v) is 7.90. The van der Waals surface area contributed by atoms with Crippen molar-refractivity contribution in [1.82, 2.24) is 30.2 Å². The minimum atomic E-state index is -2.43. The molecule has 0 saturated heterocycles. The van der Waals surface area contributed by atoms with Gasteiger partial charge < -0.3 is 10.6 Å². The van der Waals surface area contributed by atoms with Crippen molar-refractivity contribution in [2.75, 3.05) is 13.1 Å². The van der Waals surface area contributed by atoms with E-state index in [0.717, 1.165) is 10.6 Å². The summed E-state index contributed by atoms with van der Waals surface area (Å²) in [5.41, 5.74) is 3.17. The highest BCUT2D eigenvalue weighted by Gasteiger charge is 2.15. The van der Waals surface area contributed by atoms with E-state index in [1.54, 1.807) is 47.3 Å². The largest absolute Gasteiger partial charge is 0.350 e. The number of hydrogen-bond acceptors (Lipinski definition) is 6. The predicted molar refractivity (Wildman–Crippen MR) is 115 cm³/mol. The molecule has 4 heterocycles. The summed E-state index contributed by atoms with van der Waals surface area (Å²) in [6.07, 6.45) is 2.63. The van der Waals surface area contributed by atoms with Crippen molar-refractivity contribution in [3.8, 4) is 21.8 Å². The zero-order valence-corrected chi connectivity index (χ0v) is 17.4. The number of hydrogen-bond donors (Lipinski definition) is 2. The lowest BCUT2D eigenvalue weighted by molar-refractivity contribution is 0.0948. The summed E-state index contributed by atoms with van der Waals surface area (Å²) in [4.78, 5) is 22.7. The Morgan fingerprint density at radius 3 is 2.87 bits per heavy atom. The van der Waals surface area contributed by atoms with Gasteiger partial charge >= 0.3 is 0 Å². The Kier molecular flexibility index (Phi) is 6.28. The molecule has 160 valence electrons. The monoisotopic (exact) mass is 442 g/mol. The Morgan fingerprint density at radius 2 is 2.10 bits per heavy atom. The van der Waals surface area contributed by atoms with Crippen LogP contribution in [0.5, 0.6) is 0 Å². The number of thiophene rings is 1. The summed E-state index contributed by atoms with van der Waals surface area (Å²) in [7, 11) is 0. The average molecular weight is 442 g/mol. The molecule has 0 unspecified atom stereocenters. The summed E-state index contributed by atoms with van der Waals surface area (Å²) in [6.45, 7) is 1.55. The van der Waals surface area contributed by atoms with Crippen LogP contribution in [0.2, 0.25) is 0 Å². The fraction of sp³-hybridized carbons (Fsp3) is 0.238. The van der Waals surface area contributed by atoms with Crippen molar-refractivity contribution in [1.29, 1.82) is 0 Å². The van der Waals surface area contributed by atoms with Gasteiger partial charge in [0, 0.05) is 30.5 Å². The smallest absolute Gasteiger partial charge is 0.251 e. The molecular weight excluding hydrogens is 422 g/mol. The molecule has 7 nitrogen and oxygen atoms in total. The maximum Gasteiger partial charge on any atom is 0.251 e. The van der Waals surface area contributed by atoms with Crippen molar-refractivity contribution >= 4 is 22.9 Å². The molecule has 0 aliphatic rings. The van der Waals surface area contributed by atoms with Crippen LogP contribution < -0.4 is 10.6 Å². The molecule has 0 aliphatic carbocycles. The van der Waals surface area contributed by atoms with Crippen LogP contribution in [-0.4, -0.2) is 51.0 Å². The number of amides is 1. The standard InChI is InChI=1S/C21H20F2N6OS/c1-13(25-12-19(22)23)10-26-21(30)14-4-6-24-17(9-14)15-11-27-29-7-5-16(28-20(15)29)18-3-2-8-31-18/h2-9,11,13,19,25H,10,12H2,1H3,(H,26,30)/t13-/m1/s1. The summed E-state index contributed by atoms with van der Waals surface area (Å²) < 4.78 is 26.2. The van der Waals surface area contributed by atoms with E-state index >= 15 is 0 Å². The molecule has 10 heteroatoms. The molecule has 4 aromatic heterocycles. The first kappa shape index (κ1) is 21.0. The molecule has 4 aromatic rings. The maximum atomic E-state index is 12.5. The molecule has 0 aromatic carbocycles. The number of pyridine rings is 1. The lowest BCUT2D eigenvalue weighted by Crippen LogP contribution is -2.40. The number of carbonyl (C=O) groups excluding carboxylic acids is 1. The van der Waals surface area contributed by atoms with Crippen LogP contribution in [0.15, 0.2) is 54.3 Å². The van der Waals surface area contributed by atoms with E-state index in [4.69, 9.17) is 4.98 Å². The van der Waals surface area contributed by atoms with Gasteiger partial charge in [0.1, 0.15) is 0 Å². The highest BCUT2D eigenvalue weighted by molar-refractivity contribution is 7.13. The molecule has 0 aliphatic heterocycles. The van der Waals surface area contributed by atoms with E-state index in [0.29, 0.717) is 22.5 Å². The number of rotatable bonds is 8. The van der Waals surface area contributed by atoms with Gasteiger partial charge in [0.25, 0.3) is 12.3 Å². The van der Waals surface area contributed by atoms with Crippen LogP contribution in [0.1, 0.15) is 17.3 Å². The van der Waals surface area contributed by atoms with E-state index in [1.165, 1.54) is 0 Å². The average Bonchev–Trinajstić information content (AvgIpc) is 3.45. The van der Waals surface area contributed by atoms with Crippen molar-refractivity contribution in [2.45, 2.75) is 19.4 Å². The Balaban J connectivity index is 1.53. The third-order valence-electron chi connectivity index (χ3n) is 4.63. The number of aromatic nitrogens is 4. The third-order valence-corrected chi connectivity index (χ3v) is 5.52. The quantitative estimate of drug-likeness (QED) is 0.436. The van der Waals surface area contributed by atoms with Crippen LogP contribution in [0.25, 0.3) is 27.5 Å². The number of halogens is 2. The van der Waals surface area contributed by atoms with Crippen LogP contribution in [0, 0.1) is 0 Å². The molecular formula is C21H20F2N6OS. The van der Waals surface area contributed by atoms with Crippen LogP contribution >= 0.6 is 11.3 Å². The second kappa shape index (κ2) is 9.27. The zero-order chi connectivity index (χ0) is 21.8. The first-order valence-electron chi connectivity index (χ1n) is 9.65. The van der Waals surface area contributed by atoms with Gasteiger partial charge in [-0.15, -0.1) is 11.3 Å². The molecule has 2 N–H and O–H groups in total. The Hall–Kier alpha value is -3.24. The Labute approximate surface area is 181 Å². The molecule has 1 atom stereocenters. The SMILES string of the molecule is C[C@H](CNC(=O)c1ccnc(-c2cnn3ccc(-c4cccs4)nc23)c1)NCC(F)F. The van der Waals surface area contributed by atoms with Crippen molar-refractivity contribution in [2.24, 2.45) is 0 Å². The first-order valence-corrected chi connectivity index (χ1v) is 10.5. The number of nitrogens with one attached hydrogen (secondary N) is 2. The lowest BCUT2D eigenvalue weighted by Gasteiger charge is -2.14. The van der Waals surface area contributed by atoms with Gasteiger partial charge in [-0.05, 0) is 36.6 Å². The minimum Gasteiger partial charge on any atom is -0.350 e. The molecule has 0 radical (unpaired) electrons. The third kappa shape index (κ3) is 4.92. The van der Waals surface area contributed by atoms with Gasteiger partial charge in [0.15, 0.2) is 5.65 Å². The Bertz CT molecular complexity index is 1180. The normalized spacial score (nSPS) is 12.4. The number of alkyl halides is 2. The fourth-order valence-electron chi connectivity index (χ4n) is 3.04. The molecule has 0 saturated carbocycles. The molecule has 4 rings (SSSR count). The van der Waals surface area contributed by atoms with E-state index in [2.05, 4.69) is 20.7 Å². The van der Waals surface area contributed by atoms with Crippen LogP contribution in [0.3, 0.4) is 0 Å². The molecule has 31 heavy (non-hydrogen) atoms. The lowest BCUT2D eigenvalue weighted by atomic mass is 10.1. The van der Waals surface area contributed by atoms with E-state index in [1.807, 2.05) is 29.8 Å². The molecule has 0 fully saturated rings. The van der Waals surface area contributed by atoms with Gasteiger partial charge in [0.2, 0.25) is 0 Å². The topological polar surface area (TPSA) is 84.2 Å². The summed E-state index contributed by atoms with van der Waals surface area (Å²) in [6, 6.07) is 8.86. The summed E-state index contributed by atoms with van der Waals surface area (Å²) in [5, 5.41) is 11.7. The summed E-state index contributed by atoms with van der Waals surface area (Å²) in [5.74, 6) is -0.307.